The first-order valence-corrected chi connectivity index (χ1v) is 7.80. The number of hydrogen-bond donors (Lipinski definition) is 2. The van der Waals surface area contributed by atoms with Crippen LogP contribution in [0, 0.1) is 13.8 Å². The van der Waals surface area contributed by atoms with Gasteiger partial charge in [0.25, 0.3) is 0 Å². The third-order valence-electron chi connectivity index (χ3n) is 3.50. The van der Waals surface area contributed by atoms with E-state index in [1.807, 2.05) is 56.3 Å². The topological polar surface area (TPSA) is 70.6 Å². The highest BCUT2D eigenvalue weighted by atomic mass is 16.2. The van der Waals surface area contributed by atoms with Gasteiger partial charge in [-0.05, 0) is 43.9 Å². The zero-order valence-electron chi connectivity index (χ0n) is 13.9. The molecule has 0 heterocycles. The molecule has 0 aliphatic rings. The summed E-state index contributed by atoms with van der Waals surface area (Å²) in [6.07, 6.45) is 3.10. The summed E-state index contributed by atoms with van der Waals surface area (Å²) >= 11 is 0. The highest BCUT2D eigenvalue weighted by molar-refractivity contribution is 6.39. The van der Waals surface area contributed by atoms with E-state index in [0.29, 0.717) is 12.1 Å². The SMILES string of the molecule is Cc1ccc(NC(=O)C(=O)N/N=C/CCc2ccccc2)c(C)c1. The summed E-state index contributed by atoms with van der Waals surface area (Å²) in [5, 5.41) is 6.38. The van der Waals surface area contributed by atoms with Crippen molar-refractivity contribution in [1.82, 2.24) is 5.43 Å². The van der Waals surface area contributed by atoms with Gasteiger partial charge in [0.05, 0.1) is 0 Å². The molecule has 0 radical (unpaired) electrons. The van der Waals surface area contributed by atoms with Crippen molar-refractivity contribution >= 4 is 23.7 Å². The minimum Gasteiger partial charge on any atom is -0.317 e. The molecule has 2 aromatic carbocycles. The van der Waals surface area contributed by atoms with E-state index in [1.54, 1.807) is 12.3 Å². The fraction of sp³-hybridized carbons (Fsp3) is 0.211. The summed E-state index contributed by atoms with van der Waals surface area (Å²) in [5.74, 6) is -1.52. The van der Waals surface area contributed by atoms with Crippen LogP contribution >= 0.6 is 0 Å². The first kappa shape index (κ1) is 17.4. The molecule has 0 aliphatic carbocycles. The van der Waals surface area contributed by atoms with Crippen molar-refractivity contribution in [2.75, 3.05) is 5.32 Å². The second-order valence-electron chi connectivity index (χ2n) is 5.55. The van der Waals surface area contributed by atoms with Crippen LogP contribution in [0.3, 0.4) is 0 Å². The van der Waals surface area contributed by atoms with E-state index in [1.165, 1.54) is 5.56 Å². The van der Waals surface area contributed by atoms with E-state index < -0.39 is 11.8 Å². The molecule has 0 bridgehead atoms. The Morgan fingerprint density at radius 2 is 1.79 bits per heavy atom. The van der Waals surface area contributed by atoms with E-state index in [2.05, 4.69) is 15.8 Å². The minimum absolute atomic E-state index is 0.619. The first-order chi connectivity index (χ1) is 11.6. The number of carbonyl (C=O) groups excluding carboxylic acids is 2. The summed E-state index contributed by atoms with van der Waals surface area (Å²) in [5.41, 5.74) is 6.06. The van der Waals surface area contributed by atoms with Gasteiger partial charge in [0.1, 0.15) is 0 Å². The summed E-state index contributed by atoms with van der Waals surface area (Å²) in [7, 11) is 0. The van der Waals surface area contributed by atoms with Crippen LogP contribution in [-0.2, 0) is 16.0 Å². The lowest BCUT2D eigenvalue weighted by atomic mass is 10.1. The Kier molecular flexibility index (Phi) is 6.25. The van der Waals surface area contributed by atoms with Crippen molar-refractivity contribution in [1.29, 1.82) is 0 Å². The Morgan fingerprint density at radius 1 is 1.04 bits per heavy atom. The summed E-state index contributed by atoms with van der Waals surface area (Å²) in [6.45, 7) is 3.84. The third-order valence-corrected chi connectivity index (χ3v) is 3.50. The van der Waals surface area contributed by atoms with Crippen LogP contribution < -0.4 is 10.7 Å². The molecule has 0 aromatic heterocycles. The molecule has 2 aromatic rings. The normalized spacial score (nSPS) is 10.6. The molecule has 0 unspecified atom stereocenters. The average molecular weight is 323 g/mol. The smallest absolute Gasteiger partial charge is 0.317 e. The molecule has 0 saturated carbocycles. The van der Waals surface area contributed by atoms with Crippen molar-refractivity contribution in [2.24, 2.45) is 5.10 Å². The lowest BCUT2D eigenvalue weighted by Gasteiger charge is -2.08. The number of rotatable bonds is 5. The van der Waals surface area contributed by atoms with Crippen molar-refractivity contribution < 1.29 is 9.59 Å². The number of benzene rings is 2. The largest absolute Gasteiger partial charge is 0.329 e. The van der Waals surface area contributed by atoms with E-state index in [-0.39, 0.29) is 0 Å². The molecule has 5 heteroatoms. The Hall–Kier alpha value is -2.95. The number of aryl methyl sites for hydroxylation is 3. The Labute approximate surface area is 141 Å². The summed E-state index contributed by atoms with van der Waals surface area (Å²) in [4.78, 5) is 23.6. The van der Waals surface area contributed by atoms with Gasteiger partial charge < -0.3 is 5.32 Å². The number of anilines is 1. The monoisotopic (exact) mass is 323 g/mol. The van der Waals surface area contributed by atoms with Crippen LogP contribution in [0.25, 0.3) is 0 Å². The predicted octanol–water partition coefficient (Wildman–Crippen LogP) is 2.98. The molecular weight excluding hydrogens is 302 g/mol. The fourth-order valence-corrected chi connectivity index (χ4v) is 2.23. The number of amides is 2. The van der Waals surface area contributed by atoms with E-state index in [0.717, 1.165) is 17.5 Å². The van der Waals surface area contributed by atoms with E-state index in [9.17, 15) is 9.59 Å². The second kappa shape index (κ2) is 8.62. The van der Waals surface area contributed by atoms with Crippen LogP contribution in [0.1, 0.15) is 23.1 Å². The number of nitrogens with one attached hydrogen (secondary N) is 2. The number of hydrogen-bond acceptors (Lipinski definition) is 3. The third kappa shape index (κ3) is 5.35. The highest BCUT2D eigenvalue weighted by Gasteiger charge is 2.13. The molecule has 0 atom stereocenters. The van der Waals surface area contributed by atoms with Gasteiger partial charge in [0, 0.05) is 11.9 Å². The zero-order chi connectivity index (χ0) is 17.4. The van der Waals surface area contributed by atoms with Gasteiger partial charge in [-0.25, -0.2) is 5.43 Å². The van der Waals surface area contributed by atoms with Crippen LogP contribution in [0.5, 0.6) is 0 Å². The van der Waals surface area contributed by atoms with Crippen LogP contribution in [-0.4, -0.2) is 18.0 Å². The van der Waals surface area contributed by atoms with Gasteiger partial charge in [-0.2, -0.15) is 5.10 Å². The predicted molar refractivity (Wildman–Crippen MR) is 95.9 cm³/mol. The molecule has 2 rings (SSSR count). The minimum atomic E-state index is -0.786. The highest BCUT2D eigenvalue weighted by Crippen LogP contribution is 2.15. The van der Waals surface area contributed by atoms with Gasteiger partial charge >= 0.3 is 11.8 Å². The van der Waals surface area contributed by atoms with Crippen molar-refractivity contribution in [3.05, 3.63) is 65.2 Å². The quantitative estimate of drug-likeness (QED) is 0.504. The number of hydrazone groups is 1. The lowest BCUT2D eigenvalue weighted by Crippen LogP contribution is -2.32. The van der Waals surface area contributed by atoms with Crippen molar-refractivity contribution in [2.45, 2.75) is 26.7 Å². The molecule has 0 saturated heterocycles. The van der Waals surface area contributed by atoms with Gasteiger partial charge in [0.2, 0.25) is 0 Å². The Morgan fingerprint density at radius 3 is 2.50 bits per heavy atom. The van der Waals surface area contributed by atoms with Crippen LogP contribution in [0.4, 0.5) is 5.69 Å². The number of carbonyl (C=O) groups is 2. The maximum absolute atomic E-state index is 11.8. The number of nitrogens with zero attached hydrogens (tertiary/aromatic N) is 1. The standard InChI is InChI=1S/C19H21N3O2/c1-14-10-11-17(15(2)13-14)21-18(23)19(24)22-20-12-6-9-16-7-4-3-5-8-16/h3-5,7-8,10-13H,6,9H2,1-2H3,(H,21,23)(H,22,24)/b20-12+. The first-order valence-electron chi connectivity index (χ1n) is 7.80. The summed E-state index contributed by atoms with van der Waals surface area (Å²) < 4.78 is 0. The fourth-order valence-electron chi connectivity index (χ4n) is 2.23. The Bertz CT molecular complexity index is 740. The maximum Gasteiger partial charge on any atom is 0.329 e. The van der Waals surface area contributed by atoms with E-state index >= 15 is 0 Å². The average Bonchev–Trinajstić information content (AvgIpc) is 2.57. The molecule has 124 valence electrons. The zero-order valence-corrected chi connectivity index (χ0v) is 13.9. The van der Waals surface area contributed by atoms with Gasteiger partial charge in [-0.1, -0.05) is 48.0 Å². The van der Waals surface area contributed by atoms with Gasteiger partial charge in [0.15, 0.2) is 0 Å². The molecule has 5 nitrogen and oxygen atoms in total. The van der Waals surface area contributed by atoms with Crippen molar-refractivity contribution in [3.63, 3.8) is 0 Å². The van der Waals surface area contributed by atoms with Gasteiger partial charge in [-0.15, -0.1) is 0 Å². The van der Waals surface area contributed by atoms with Crippen LogP contribution in [0.2, 0.25) is 0 Å². The molecule has 2 N–H and O–H groups in total. The second-order valence-corrected chi connectivity index (χ2v) is 5.55. The molecule has 2 amide bonds. The molecular formula is C19H21N3O2. The molecule has 0 aliphatic heterocycles. The van der Waals surface area contributed by atoms with Crippen LogP contribution in [0.15, 0.2) is 53.6 Å². The molecule has 0 spiro atoms. The van der Waals surface area contributed by atoms with Gasteiger partial charge in [-0.3, -0.25) is 9.59 Å². The van der Waals surface area contributed by atoms with Crippen molar-refractivity contribution in [3.8, 4) is 0 Å². The Balaban J connectivity index is 1.77. The maximum atomic E-state index is 11.8. The van der Waals surface area contributed by atoms with E-state index in [4.69, 9.17) is 0 Å². The molecule has 24 heavy (non-hydrogen) atoms. The lowest BCUT2D eigenvalue weighted by molar-refractivity contribution is -0.136. The molecule has 0 fully saturated rings. The summed E-state index contributed by atoms with van der Waals surface area (Å²) in [6, 6.07) is 15.6.